The van der Waals surface area contributed by atoms with Gasteiger partial charge in [-0.15, -0.1) is 0 Å². The maximum absolute atomic E-state index is 12.1. The Labute approximate surface area is 181 Å². The number of aryl methyl sites for hydroxylation is 1. The minimum absolute atomic E-state index is 0.123. The Morgan fingerprint density at radius 2 is 2.16 bits per heavy atom. The van der Waals surface area contributed by atoms with E-state index in [0.29, 0.717) is 53.4 Å². The van der Waals surface area contributed by atoms with Crippen molar-refractivity contribution in [1.82, 2.24) is 20.2 Å². The van der Waals surface area contributed by atoms with Crippen LogP contribution in [0.2, 0.25) is 0 Å². The lowest BCUT2D eigenvalue weighted by molar-refractivity contribution is 0.0958. The van der Waals surface area contributed by atoms with Crippen molar-refractivity contribution in [1.29, 1.82) is 0 Å². The normalized spacial score (nSPS) is 21.0. The van der Waals surface area contributed by atoms with Crippen LogP contribution in [0.3, 0.4) is 0 Å². The zero-order chi connectivity index (χ0) is 22.1. The maximum Gasteiger partial charge on any atom is 0.269 e. The molecule has 2 aromatic rings. The molecule has 0 radical (unpaired) electrons. The summed E-state index contributed by atoms with van der Waals surface area (Å²) in [5, 5.41) is 2.58. The van der Waals surface area contributed by atoms with Gasteiger partial charge in [0, 0.05) is 50.0 Å². The molecule has 2 fully saturated rings. The van der Waals surface area contributed by atoms with Crippen molar-refractivity contribution in [3.8, 4) is 0 Å². The Morgan fingerprint density at radius 1 is 1.35 bits per heavy atom. The number of aromatic amines is 1. The number of hydrogen-bond donors (Lipinski definition) is 4. The standard InChI is InChI=1S/C22H29N7O2/c1-3-13-8-16(24)18(27-21(13)30)9-14(23)12-28-6-7-29(20-10-19(20)28)15-4-5-17(26-11-15)22(31)25-2/h4-5,8-9,11,19-20H,3,6-7,10,12,23-24H2,1-2H3,(H,25,31)(H,27,30)/b14-9-. The lowest BCUT2D eigenvalue weighted by Gasteiger charge is -2.35. The lowest BCUT2D eigenvalue weighted by atomic mass is 10.1. The van der Waals surface area contributed by atoms with Gasteiger partial charge in [0.2, 0.25) is 0 Å². The average Bonchev–Trinajstić information content (AvgIpc) is 3.57. The highest BCUT2D eigenvalue weighted by molar-refractivity contribution is 5.92. The van der Waals surface area contributed by atoms with Gasteiger partial charge in [-0.05, 0) is 37.1 Å². The molecule has 2 atom stereocenters. The fourth-order valence-corrected chi connectivity index (χ4v) is 4.25. The molecule has 1 saturated heterocycles. The van der Waals surface area contributed by atoms with Crippen molar-refractivity contribution in [3.63, 3.8) is 0 Å². The molecule has 2 aromatic heterocycles. The summed E-state index contributed by atoms with van der Waals surface area (Å²) in [5.74, 6) is -0.186. The van der Waals surface area contributed by atoms with Crippen LogP contribution >= 0.6 is 0 Å². The average molecular weight is 424 g/mol. The first-order valence-corrected chi connectivity index (χ1v) is 10.6. The molecule has 164 valence electrons. The SMILES string of the molecule is CCc1cc(N)c(/C=C(\N)CN2CCN(c3ccc(C(=O)NC)nc3)C3CC32)[nH]c1=O. The fourth-order valence-electron chi connectivity index (χ4n) is 4.25. The Bertz CT molecular complexity index is 1060. The van der Waals surface area contributed by atoms with E-state index >= 15 is 0 Å². The highest BCUT2D eigenvalue weighted by Crippen LogP contribution is 2.39. The molecule has 31 heavy (non-hydrogen) atoms. The number of nitrogens with two attached hydrogens (primary N) is 2. The number of rotatable bonds is 6. The summed E-state index contributed by atoms with van der Waals surface area (Å²) < 4.78 is 0. The molecule has 1 aliphatic carbocycles. The minimum atomic E-state index is -0.186. The first-order valence-electron chi connectivity index (χ1n) is 10.6. The Kier molecular flexibility index (Phi) is 5.69. The number of nitrogen functional groups attached to an aromatic ring is 1. The van der Waals surface area contributed by atoms with Crippen molar-refractivity contribution in [2.75, 3.05) is 37.3 Å². The van der Waals surface area contributed by atoms with Gasteiger partial charge in [-0.1, -0.05) is 6.92 Å². The van der Waals surface area contributed by atoms with Gasteiger partial charge >= 0.3 is 0 Å². The Hall–Kier alpha value is -3.33. The van der Waals surface area contributed by atoms with Gasteiger partial charge in [-0.25, -0.2) is 4.98 Å². The van der Waals surface area contributed by atoms with Crippen LogP contribution in [0, 0.1) is 0 Å². The van der Waals surface area contributed by atoms with Crippen molar-refractivity contribution in [2.45, 2.75) is 31.8 Å². The number of piperazine rings is 1. The number of H-pyrrole nitrogens is 1. The van der Waals surface area contributed by atoms with Crippen molar-refractivity contribution >= 4 is 23.4 Å². The maximum atomic E-state index is 12.1. The number of anilines is 2. The molecule has 1 amide bonds. The number of amides is 1. The van der Waals surface area contributed by atoms with E-state index in [1.54, 1.807) is 31.5 Å². The molecule has 0 spiro atoms. The lowest BCUT2D eigenvalue weighted by Crippen LogP contribution is -2.47. The van der Waals surface area contributed by atoms with Crippen LogP contribution in [-0.4, -0.2) is 59.5 Å². The van der Waals surface area contributed by atoms with Crippen molar-refractivity contribution < 1.29 is 4.79 Å². The van der Waals surface area contributed by atoms with E-state index < -0.39 is 0 Å². The summed E-state index contributed by atoms with van der Waals surface area (Å²) in [6.45, 7) is 4.28. The predicted molar refractivity (Wildman–Crippen MR) is 122 cm³/mol. The molecule has 0 bridgehead atoms. The number of pyridine rings is 2. The first-order chi connectivity index (χ1) is 14.9. The highest BCUT2D eigenvalue weighted by Gasteiger charge is 2.48. The van der Waals surface area contributed by atoms with Gasteiger partial charge in [0.05, 0.1) is 23.3 Å². The van der Waals surface area contributed by atoms with Crippen LogP contribution in [0.25, 0.3) is 6.08 Å². The summed E-state index contributed by atoms with van der Waals surface area (Å²) in [4.78, 5) is 35.6. The van der Waals surface area contributed by atoms with Crippen LogP contribution in [0.4, 0.5) is 11.4 Å². The fraction of sp³-hybridized carbons (Fsp3) is 0.409. The smallest absolute Gasteiger partial charge is 0.269 e. The molecular formula is C22H29N7O2. The zero-order valence-corrected chi connectivity index (χ0v) is 17.9. The van der Waals surface area contributed by atoms with Gasteiger partial charge in [0.25, 0.3) is 11.5 Å². The van der Waals surface area contributed by atoms with Gasteiger partial charge in [0.15, 0.2) is 0 Å². The molecule has 1 aliphatic heterocycles. The third-order valence-corrected chi connectivity index (χ3v) is 6.04. The topological polar surface area (TPSA) is 133 Å². The van der Waals surface area contributed by atoms with E-state index in [9.17, 15) is 9.59 Å². The number of carbonyl (C=O) groups excluding carboxylic acids is 1. The van der Waals surface area contributed by atoms with E-state index in [1.165, 1.54) is 0 Å². The molecule has 3 heterocycles. The number of aromatic nitrogens is 2. The molecule has 6 N–H and O–H groups in total. The number of hydrogen-bond acceptors (Lipinski definition) is 7. The minimum Gasteiger partial charge on any atom is -0.401 e. The van der Waals surface area contributed by atoms with Crippen LogP contribution in [0.5, 0.6) is 0 Å². The summed E-state index contributed by atoms with van der Waals surface area (Å²) in [5.41, 5.74) is 16.1. The largest absolute Gasteiger partial charge is 0.401 e. The van der Waals surface area contributed by atoms with Crippen LogP contribution in [0.1, 0.15) is 35.1 Å². The first kappa shape index (κ1) is 20.9. The van der Waals surface area contributed by atoms with E-state index in [-0.39, 0.29) is 11.5 Å². The molecule has 0 aromatic carbocycles. The van der Waals surface area contributed by atoms with Crippen molar-refractivity contribution in [2.24, 2.45) is 5.73 Å². The highest BCUT2D eigenvalue weighted by atomic mass is 16.1. The third-order valence-electron chi connectivity index (χ3n) is 6.04. The van der Waals surface area contributed by atoms with Crippen LogP contribution in [-0.2, 0) is 6.42 Å². The summed E-state index contributed by atoms with van der Waals surface area (Å²) in [6, 6.07) is 6.28. The Morgan fingerprint density at radius 3 is 2.84 bits per heavy atom. The predicted octanol–water partition coefficient (Wildman–Crippen LogP) is 0.537. The zero-order valence-electron chi connectivity index (χ0n) is 17.9. The number of carbonyl (C=O) groups is 1. The molecule has 2 unspecified atom stereocenters. The van der Waals surface area contributed by atoms with E-state index in [2.05, 4.69) is 25.1 Å². The van der Waals surface area contributed by atoms with Gasteiger partial charge in [-0.2, -0.15) is 0 Å². The number of nitrogens with one attached hydrogen (secondary N) is 2. The quantitative estimate of drug-likeness (QED) is 0.533. The van der Waals surface area contributed by atoms with Gasteiger partial charge in [0.1, 0.15) is 5.69 Å². The monoisotopic (exact) mass is 423 g/mol. The Balaban J connectivity index is 1.40. The van der Waals surface area contributed by atoms with Gasteiger partial charge < -0.3 is 26.7 Å². The second-order valence-electron chi connectivity index (χ2n) is 8.08. The molecule has 1 saturated carbocycles. The second-order valence-corrected chi connectivity index (χ2v) is 8.08. The summed E-state index contributed by atoms with van der Waals surface area (Å²) >= 11 is 0. The van der Waals surface area contributed by atoms with E-state index in [1.807, 2.05) is 13.0 Å². The summed E-state index contributed by atoms with van der Waals surface area (Å²) in [6.07, 6.45) is 5.23. The number of fused-ring (bicyclic) bond motifs is 1. The molecular weight excluding hydrogens is 394 g/mol. The summed E-state index contributed by atoms with van der Waals surface area (Å²) in [7, 11) is 1.60. The molecule has 9 heteroatoms. The van der Waals surface area contributed by atoms with Crippen LogP contribution in [0.15, 0.2) is 34.9 Å². The second kappa shape index (κ2) is 8.43. The van der Waals surface area contributed by atoms with Crippen LogP contribution < -0.4 is 27.2 Å². The number of nitrogens with zero attached hydrogens (tertiary/aromatic N) is 3. The molecule has 9 nitrogen and oxygen atoms in total. The third kappa shape index (κ3) is 4.27. The molecule has 4 rings (SSSR count). The van der Waals surface area contributed by atoms with Gasteiger partial charge in [-0.3, -0.25) is 14.5 Å². The van der Waals surface area contributed by atoms with E-state index in [0.717, 1.165) is 25.2 Å². The van der Waals surface area contributed by atoms with E-state index in [4.69, 9.17) is 11.5 Å². The molecule has 2 aliphatic rings. The van der Waals surface area contributed by atoms with Crippen molar-refractivity contribution in [3.05, 3.63) is 57.4 Å².